The molecule has 2 rings (SSSR count). The minimum atomic E-state index is -4.56. The molecule has 362 valence electrons. The van der Waals surface area contributed by atoms with Crippen LogP contribution in [0, 0.1) is 0 Å². The summed E-state index contributed by atoms with van der Waals surface area (Å²) in [6.07, 6.45) is 33.3. The first-order chi connectivity index (χ1) is 30.1. The summed E-state index contributed by atoms with van der Waals surface area (Å²) in [5.41, 5.74) is 0. The predicted octanol–water partition coefficient (Wildman–Crippen LogP) is 11.4. The second-order valence-electron chi connectivity index (χ2n) is 17.6. The van der Waals surface area contributed by atoms with Gasteiger partial charge in [-0.1, -0.05) is 174 Å². The Morgan fingerprint density at radius 1 is 0.661 bits per heavy atom. The van der Waals surface area contributed by atoms with Crippen LogP contribution in [-0.4, -0.2) is 84.3 Å². The van der Waals surface area contributed by atoms with E-state index >= 15 is 0 Å². The summed E-state index contributed by atoms with van der Waals surface area (Å²) in [4.78, 5) is 59.6. The van der Waals surface area contributed by atoms with Crippen molar-refractivity contribution < 1.29 is 47.2 Å². The molecular weight excluding hydrogens is 830 g/mol. The topological polar surface area (TPSA) is 179 Å². The van der Waals surface area contributed by atoms with Gasteiger partial charge in [-0.3, -0.25) is 23.4 Å². The molecule has 0 spiro atoms. The lowest BCUT2D eigenvalue weighted by atomic mass is 10.0. The molecule has 15 heteroatoms. The van der Waals surface area contributed by atoms with Gasteiger partial charge < -0.3 is 30.3 Å². The number of hydrogen-bond donors (Lipinski definition) is 4. The van der Waals surface area contributed by atoms with E-state index in [-0.39, 0.29) is 56.6 Å². The lowest BCUT2D eigenvalue weighted by molar-refractivity contribution is -0.161. The number of rotatable bonds is 43. The predicted molar refractivity (Wildman–Crippen MR) is 250 cm³/mol. The number of esters is 2. The van der Waals surface area contributed by atoms with Gasteiger partial charge in [0.15, 0.2) is 6.10 Å². The van der Waals surface area contributed by atoms with Gasteiger partial charge in [0.25, 0.3) is 0 Å². The molecule has 0 aromatic heterocycles. The second-order valence-corrected chi connectivity index (χ2v) is 20.3. The summed E-state index contributed by atoms with van der Waals surface area (Å²) in [5.74, 6) is -0.175. The number of amides is 3. The van der Waals surface area contributed by atoms with Crippen LogP contribution < -0.4 is 16.0 Å². The number of carbonyl (C=O) groups excluding carboxylic acids is 4. The quantitative estimate of drug-likeness (QED) is 0.0198. The van der Waals surface area contributed by atoms with Crippen LogP contribution in [0.15, 0.2) is 0 Å². The SMILES string of the molecule is CCCCCCCCCCCCCCCC(=O)OCC(COP(=O)(O)OCCNC(=O)CCCCC1SC[C@@H]2NC(=O)N[C@H]12)OC(=O)CCCCCCCCCCCCCCC. The van der Waals surface area contributed by atoms with E-state index in [0.717, 1.165) is 57.1 Å². The summed E-state index contributed by atoms with van der Waals surface area (Å²) in [6.45, 7) is 3.47. The van der Waals surface area contributed by atoms with Crippen LogP contribution in [0.1, 0.15) is 219 Å². The Kier molecular flexibility index (Phi) is 33.9. The minimum absolute atomic E-state index is 0.0149. The summed E-state index contributed by atoms with van der Waals surface area (Å²) < 4.78 is 34.0. The number of carbonyl (C=O) groups is 4. The number of phosphoric ester groups is 1. The van der Waals surface area contributed by atoms with Gasteiger partial charge in [-0.25, -0.2) is 9.36 Å². The van der Waals surface area contributed by atoms with Gasteiger partial charge in [0.2, 0.25) is 5.91 Å². The average molecular weight is 918 g/mol. The minimum Gasteiger partial charge on any atom is -0.462 e. The highest BCUT2D eigenvalue weighted by atomic mass is 32.2. The van der Waals surface area contributed by atoms with E-state index in [1.165, 1.54) is 116 Å². The lowest BCUT2D eigenvalue weighted by Gasteiger charge is -2.20. The van der Waals surface area contributed by atoms with Crippen molar-refractivity contribution in [1.29, 1.82) is 0 Å². The van der Waals surface area contributed by atoms with E-state index in [0.29, 0.717) is 30.9 Å². The molecule has 4 N–H and O–H groups in total. The third-order valence-electron chi connectivity index (χ3n) is 11.9. The molecule has 2 aliphatic heterocycles. The third-order valence-corrected chi connectivity index (χ3v) is 14.4. The zero-order valence-electron chi connectivity index (χ0n) is 38.9. The van der Waals surface area contributed by atoms with Crippen LogP contribution in [0.4, 0.5) is 4.79 Å². The number of fused-ring (bicyclic) bond motifs is 1. The molecule has 0 bridgehead atoms. The third kappa shape index (κ3) is 30.3. The Morgan fingerprint density at radius 3 is 1.68 bits per heavy atom. The average Bonchev–Trinajstić information content (AvgIpc) is 3.81. The molecule has 0 saturated carbocycles. The summed E-state index contributed by atoms with van der Waals surface area (Å²) >= 11 is 1.84. The van der Waals surface area contributed by atoms with E-state index in [1.54, 1.807) is 0 Å². The molecule has 5 atom stereocenters. The molecule has 2 saturated heterocycles. The summed E-state index contributed by atoms with van der Waals surface area (Å²) in [6, 6.07) is 0.201. The first-order valence-corrected chi connectivity index (χ1v) is 27.6. The van der Waals surface area contributed by atoms with Gasteiger partial charge in [0.05, 0.1) is 25.3 Å². The maximum Gasteiger partial charge on any atom is 0.472 e. The van der Waals surface area contributed by atoms with E-state index in [1.807, 2.05) is 11.8 Å². The molecule has 0 aliphatic carbocycles. The maximum atomic E-state index is 12.8. The molecule has 0 aromatic carbocycles. The highest BCUT2D eigenvalue weighted by Gasteiger charge is 2.42. The normalized spacial score (nSPS) is 18.4. The van der Waals surface area contributed by atoms with Crippen molar-refractivity contribution in [3.63, 3.8) is 0 Å². The standard InChI is InChI=1S/C47H88N3O10PS/c1-3-5-7-9-11-13-15-17-19-21-23-25-27-33-44(52)57-37-40(60-45(53)34-28-26-24-22-20-18-16-14-12-10-8-6-4-2)38-59-61(55,56)58-36-35-48-43(51)32-30-29-31-42-46-41(39-62-42)49-47(54)50-46/h40-42,46H,3-39H2,1-2H3,(H,48,51)(H,55,56)(H2,49,50,54)/t40?,41-,42?,46-/m0/s1. The van der Waals surface area contributed by atoms with Crippen molar-refractivity contribution in [2.75, 3.05) is 32.1 Å². The van der Waals surface area contributed by atoms with Crippen LogP contribution in [0.25, 0.3) is 0 Å². The van der Waals surface area contributed by atoms with Crippen molar-refractivity contribution in [1.82, 2.24) is 16.0 Å². The van der Waals surface area contributed by atoms with Crippen molar-refractivity contribution >= 4 is 43.5 Å². The molecule has 3 amide bonds. The number of unbranched alkanes of at least 4 members (excludes halogenated alkanes) is 25. The van der Waals surface area contributed by atoms with Crippen molar-refractivity contribution in [2.24, 2.45) is 0 Å². The van der Waals surface area contributed by atoms with E-state index in [9.17, 15) is 28.6 Å². The molecule has 0 radical (unpaired) electrons. The van der Waals surface area contributed by atoms with E-state index in [2.05, 4.69) is 29.8 Å². The molecule has 2 aliphatic rings. The fourth-order valence-corrected chi connectivity index (χ4v) is 10.4. The largest absolute Gasteiger partial charge is 0.472 e. The van der Waals surface area contributed by atoms with Gasteiger partial charge in [-0.2, -0.15) is 11.8 Å². The van der Waals surface area contributed by atoms with E-state index < -0.39 is 32.5 Å². The molecule has 3 unspecified atom stereocenters. The van der Waals surface area contributed by atoms with Crippen molar-refractivity contribution in [3.05, 3.63) is 0 Å². The Bertz CT molecular complexity index is 1230. The van der Waals surface area contributed by atoms with Gasteiger partial charge >= 0.3 is 25.8 Å². The van der Waals surface area contributed by atoms with E-state index in [4.69, 9.17) is 18.5 Å². The summed E-state index contributed by atoms with van der Waals surface area (Å²) in [7, 11) is -4.56. The van der Waals surface area contributed by atoms with Gasteiger partial charge in [-0.15, -0.1) is 0 Å². The smallest absolute Gasteiger partial charge is 0.462 e. The molecule has 0 aromatic rings. The zero-order chi connectivity index (χ0) is 44.9. The van der Waals surface area contributed by atoms with Crippen LogP contribution in [-0.2, 0) is 37.5 Å². The zero-order valence-corrected chi connectivity index (χ0v) is 40.7. The molecule has 2 fully saturated rings. The van der Waals surface area contributed by atoms with Crippen molar-refractivity contribution in [2.45, 2.75) is 243 Å². The number of phosphoric acid groups is 1. The molecule has 2 heterocycles. The Labute approximate surface area is 380 Å². The highest BCUT2D eigenvalue weighted by Crippen LogP contribution is 2.43. The van der Waals surface area contributed by atoms with Crippen LogP contribution in [0.2, 0.25) is 0 Å². The van der Waals surface area contributed by atoms with Gasteiger partial charge in [0, 0.05) is 36.8 Å². The number of nitrogens with one attached hydrogen (secondary N) is 3. The summed E-state index contributed by atoms with van der Waals surface area (Å²) in [5, 5.41) is 8.94. The Hall–Kier alpha value is -1.86. The molecule has 13 nitrogen and oxygen atoms in total. The first kappa shape index (κ1) is 56.3. The number of urea groups is 1. The maximum absolute atomic E-state index is 12.8. The number of ether oxygens (including phenoxy) is 2. The van der Waals surface area contributed by atoms with Gasteiger partial charge in [0.1, 0.15) is 6.61 Å². The molecule has 62 heavy (non-hydrogen) atoms. The van der Waals surface area contributed by atoms with Gasteiger partial charge in [-0.05, 0) is 25.7 Å². The highest BCUT2D eigenvalue weighted by molar-refractivity contribution is 8.00. The Morgan fingerprint density at radius 2 is 1.15 bits per heavy atom. The number of hydrogen-bond acceptors (Lipinski definition) is 10. The monoisotopic (exact) mass is 918 g/mol. The van der Waals surface area contributed by atoms with Crippen LogP contribution >= 0.6 is 19.6 Å². The second kappa shape index (κ2) is 37.4. The number of thioether (sulfide) groups is 1. The van der Waals surface area contributed by atoms with Crippen LogP contribution in [0.3, 0.4) is 0 Å². The Balaban J connectivity index is 1.64. The first-order valence-electron chi connectivity index (χ1n) is 25.1. The fourth-order valence-electron chi connectivity index (χ4n) is 8.12. The fraction of sp³-hybridized carbons (Fsp3) is 0.915. The van der Waals surface area contributed by atoms with Crippen molar-refractivity contribution in [3.8, 4) is 0 Å². The van der Waals surface area contributed by atoms with Crippen LogP contribution in [0.5, 0.6) is 0 Å². The molecular formula is C47H88N3O10PS. The lowest BCUT2D eigenvalue weighted by Crippen LogP contribution is -2.36.